The third kappa shape index (κ3) is 4.21. The highest BCUT2D eigenvalue weighted by molar-refractivity contribution is 5.79. The monoisotopic (exact) mass is 307 g/mol. The van der Waals surface area contributed by atoms with Crippen LogP contribution in [-0.4, -0.2) is 36.2 Å². The molecule has 6 nitrogen and oxygen atoms in total. The van der Waals surface area contributed by atoms with Crippen molar-refractivity contribution in [2.45, 2.75) is 58.8 Å². The fourth-order valence-electron chi connectivity index (χ4n) is 2.72. The number of guanidine groups is 1. The Morgan fingerprint density at radius 2 is 2.14 bits per heavy atom. The van der Waals surface area contributed by atoms with E-state index in [9.17, 15) is 0 Å². The molecule has 6 heteroatoms. The van der Waals surface area contributed by atoms with Gasteiger partial charge in [0.05, 0.1) is 0 Å². The van der Waals surface area contributed by atoms with Gasteiger partial charge in [0.1, 0.15) is 0 Å². The van der Waals surface area contributed by atoms with Crippen molar-refractivity contribution in [3.8, 4) is 0 Å². The third-order valence-corrected chi connectivity index (χ3v) is 4.65. The SMILES string of the molecule is CCC1(CNC(=NC)NCCc2nc(C(C)C)no2)CCC1. The smallest absolute Gasteiger partial charge is 0.228 e. The summed E-state index contributed by atoms with van der Waals surface area (Å²) in [5.41, 5.74) is 0.482. The van der Waals surface area contributed by atoms with Crippen molar-refractivity contribution in [3.63, 3.8) is 0 Å². The maximum atomic E-state index is 5.24. The molecular weight excluding hydrogens is 278 g/mol. The summed E-state index contributed by atoms with van der Waals surface area (Å²) in [6, 6.07) is 0. The molecule has 0 radical (unpaired) electrons. The van der Waals surface area contributed by atoms with E-state index < -0.39 is 0 Å². The van der Waals surface area contributed by atoms with Crippen molar-refractivity contribution in [1.82, 2.24) is 20.8 Å². The Labute approximate surface area is 133 Å². The van der Waals surface area contributed by atoms with Gasteiger partial charge in [-0.3, -0.25) is 4.99 Å². The van der Waals surface area contributed by atoms with Gasteiger partial charge in [-0.25, -0.2) is 0 Å². The van der Waals surface area contributed by atoms with E-state index in [1.807, 2.05) is 0 Å². The summed E-state index contributed by atoms with van der Waals surface area (Å²) in [6.07, 6.45) is 5.95. The first-order valence-electron chi connectivity index (χ1n) is 8.35. The first kappa shape index (κ1) is 16.8. The van der Waals surface area contributed by atoms with Crippen LogP contribution in [0.4, 0.5) is 0 Å². The molecule has 1 heterocycles. The molecule has 22 heavy (non-hydrogen) atoms. The molecule has 1 fully saturated rings. The first-order valence-corrected chi connectivity index (χ1v) is 8.35. The zero-order valence-corrected chi connectivity index (χ0v) is 14.3. The standard InChI is InChI=1S/C16H29N5O/c1-5-16(8-6-9-16)11-19-15(17-4)18-10-7-13-20-14(12(2)3)21-22-13/h12H,5-11H2,1-4H3,(H2,17,18,19). The summed E-state index contributed by atoms with van der Waals surface area (Å²) in [5.74, 6) is 2.60. The van der Waals surface area contributed by atoms with Crippen LogP contribution in [0.25, 0.3) is 0 Å². The largest absolute Gasteiger partial charge is 0.356 e. The highest BCUT2D eigenvalue weighted by Gasteiger charge is 2.34. The molecule has 0 amide bonds. The summed E-state index contributed by atoms with van der Waals surface area (Å²) in [6.45, 7) is 8.13. The van der Waals surface area contributed by atoms with Crippen molar-refractivity contribution in [2.24, 2.45) is 10.4 Å². The lowest BCUT2D eigenvalue weighted by molar-refractivity contribution is 0.131. The minimum atomic E-state index is 0.299. The minimum absolute atomic E-state index is 0.299. The van der Waals surface area contributed by atoms with E-state index in [1.54, 1.807) is 7.05 Å². The maximum Gasteiger partial charge on any atom is 0.228 e. The molecule has 0 aliphatic heterocycles. The molecule has 1 aliphatic rings. The number of hydrogen-bond acceptors (Lipinski definition) is 4. The van der Waals surface area contributed by atoms with Crippen molar-refractivity contribution in [1.29, 1.82) is 0 Å². The zero-order chi connectivity index (χ0) is 16.0. The molecular formula is C16H29N5O. The van der Waals surface area contributed by atoms with Gasteiger partial charge in [-0.1, -0.05) is 32.3 Å². The van der Waals surface area contributed by atoms with Gasteiger partial charge in [0.15, 0.2) is 11.8 Å². The molecule has 0 spiro atoms. The Morgan fingerprint density at radius 3 is 2.64 bits per heavy atom. The lowest BCUT2D eigenvalue weighted by Gasteiger charge is -2.41. The van der Waals surface area contributed by atoms with E-state index in [0.29, 0.717) is 23.6 Å². The van der Waals surface area contributed by atoms with Crippen molar-refractivity contribution in [2.75, 3.05) is 20.1 Å². The van der Waals surface area contributed by atoms with Crippen molar-refractivity contribution >= 4 is 5.96 Å². The Morgan fingerprint density at radius 1 is 1.36 bits per heavy atom. The number of rotatable bonds is 7. The predicted molar refractivity (Wildman–Crippen MR) is 88.0 cm³/mol. The Hall–Kier alpha value is -1.59. The fraction of sp³-hybridized carbons (Fsp3) is 0.812. The Balaban J connectivity index is 1.72. The van der Waals surface area contributed by atoms with Crippen LogP contribution in [0.5, 0.6) is 0 Å². The average molecular weight is 307 g/mol. The zero-order valence-electron chi connectivity index (χ0n) is 14.3. The van der Waals surface area contributed by atoms with Gasteiger partial charge in [0.25, 0.3) is 0 Å². The van der Waals surface area contributed by atoms with E-state index in [4.69, 9.17) is 4.52 Å². The first-order chi connectivity index (χ1) is 10.6. The average Bonchev–Trinajstić information content (AvgIpc) is 2.93. The van der Waals surface area contributed by atoms with Crippen LogP contribution in [0.15, 0.2) is 9.52 Å². The van der Waals surface area contributed by atoms with Crippen LogP contribution in [-0.2, 0) is 6.42 Å². The number of hydrogen-bond donors (Lipinski definition) is 2. The second kappa shape index (κ2) is 7.61. The molecule has 0 aromatic carbocycles. The second-order valence-electron chi connectivity index (χ2n) is 6.51. The Bertz CT molecular complexity index is 485. The van der Waals surface area contributed by atoms with Gasteiger partial charge in [0.2, 0.25) is 5.89 Å². The normalized spacial score (nSPS) is 17.4. The van der Waals surface area contributed by atoms with Crippen LogP contribution in [0, 0.1) is 5.41 Å². The summed E-state index contributed by atoms with van der Waals surface area (Å²) in [5, 5.41) is 10.7. The number of nitrogens with zero attached hydrogens (tertiary/aromatic N) is 3. The Kier molecular flexibility index (Phi) is 5.80. The molecule has 1 aliphatic carbocycles. The molecule has 0 bridgehead atoms. The quantitative estimate of drug-likeness (QED) is 0.598. The van der Waals surface area contributed by atoms with Gasteiger partial charge >= 0.3 is 0 Å². The molecule has 1 saturated carbocycles. The van der Waals surface area contributed by atoms with Gasteiger partial charge in [0, 0.05) is 32.5 Å². The predicted octanol–water partition coefficient (Wildman–Crippen LogP) is 2.48. The van der Waals surface area contributed by atoms with Crippen molar-refractivity contribution < 1.29 is 4.52 Å². The summed E-state index contributed by atoms with van der Waals surface area (Å²) in [7, 11) is 1.80. The van der Waals surface area contributed by atoms with Gasteiger partial charge in [-0.15, -0.1) is 0 Å². The summed E-state index contributed by atoms with van der Waals surface area (Å²) < 4.78 is 5.24. The van der Waals surface area contributed by atoms with E-state index in [1.165, 1.54) is 25.7 Å². The number of nitrogens with one attached hydrogen (secondary N) is 2. The summed E-state index contributed by atoms with van der Waals surface area (Å²) in [4.78, 5) is 8.65. The highest BCUT2D eigenvalue weighted by Crippen LogP contribution is 2.42. The number of aromatic nitrogens is 2. The third-order valence-electron chi connectivity index (χ3n) is 4.65. The second-order valence-corrected chi connectivity index (χ2v) is 6.51. The minimum Gasteiger partial charge on any atom is -0.356 e. The molecule has 0 unspecified atom stereocenters. The molecule has 1 aromatic rings. The van der Waals surface area contributed by atoms with Crippen LogP contribution in [0.1, 0.15) is 64.1 Å². The van der Waals surface area contributed by atoms with Gasteiger partial charge < -0.3 is 15.2 Å². The molecule has 2 N–H and O–H groups in total. The van der Waals surface area contributed by atoms with E-state index in [-0.39, 0.29) is 0 Å². The molecule has 0 saturated heterocycles. The van der Waals surface area contributed by atoms with Crippen LogP contribution >= 0.6 is 0 Å². The van der Waals surface area contributed by atoms with Crippen LogP contribution in [0.2, 0.25) is 0 Å². The van der Waals surface area contributed by atoms with Gasteiger partial charge in [-0.05, 0) is 24.7 Å². The van der Waals surface area contributed by atoms with E-state index >= 15 is 0 Å². The van der Waals surface area contributed by atoms with E-state index in [2.05, 4.69) is 46.5 Å². The van der Waals surface area contributed by atoms with Crippen LogP contribution in [0.3, 0.4) is 0 Å². The topological polar surface area (TPSA) is 75.3 Å². The highest BCUT2D eigenvalue weighted by atomic mass is 16.5. The molecule has 2 rings (SSSR count). The van der Waals surface area contributed by atoms with E-state index in [0.717, 1.165) is 24.9 Å². The lowest BCUT2D eigenvalue weighted by Crippen LogP contribution is -2.46. The molecule has 124 valence electrons. The summed E-state index contributed by atoms with van der Waals surface area (Å²) >= 11 is 0. The van der Waals surface area contributed by atoms with Gasteiger partial charge in [-0.2, -0.15) is 4.98 Å². The molecule has 1 aromatic heterocycles. The lowest BCUT2D eigenvalue weighted by atomic mass is 9.67. The fourth-order valence-corrected chi connectivity index (χ4v) is 2.72. The van der Waals surface area contributed by atoms with Crippen LogP contribution < -0.4 is 10.6 Å². The maximum absolute atomic E-state index is 5.24. The van der Waals surface area contributed by atoms with Crippen molar-refractivity contribution in [3.05, 3.63) is 11.7 Å². The number of aliphatic imine (C=N–C) groups is 1. The molecule has 0 atom stereocenters.